The lowest BCUT2D eigenvalue weighted by Crippen LogP contribution is -2.47. The van der Waals surface area contributed by atoms with Gasteiger partial charge < -0.3 is 14.3 Å². The number of carbonyl (C=O) groups is 1. The Morgan fingerprint density at radius 1 is 1.60 bits per heavy atom. The van der Waals surface area contributed by atoms with Crippen molar-refractivity contribution >= 4 is 5.91 Å². The molecule has 1 aromatic rings. The second kappa shape index (κ2) is 6.36. The summed E-state index contributed by atoms with van der Waals surface area (Å²) in [6.07, 6.45) is -0.120. The Kier molecular flexibility index (Phi) is 4.77. The molecule has 2 rings (SSSR count). The number of nitrogens with one attached hydrogen (secondary N) is 1. The van der Waals surface area contributed by atoms with Gasteiger partial charge in [-0.25, -0.2) is 5.84 Å². The van der Waals surface area contributed by atoms with Crippen LogP contribution in [0.2, 0.25) is 0 Å². The van der Waals surface area contributed by atoms with Crippen LogP contribution >= 0.6 is 0 Å². The van der Waals surface area contributed by atoms with Crippen LogP contribution in [0.25, 0.3) is 0 Å². The van der Waals surface area contributed by atoms with Crippen LogP contribution in [0, 0.1) is 6.92 Å². The number of amides is 1. The predicted octanol–water partition coefficient (Wildman–Crippen LogP) is -0.227. The molecule has 2 unspecified atom stereocenters. The summed E-state index contributed by atoms with van der Waals surface area (Å²) in [5, 5.41) is 9.20. The summed E-state index contributed by atoms with van der Waals surface area (Å²) < 4.78 is 11.2. The van der Waals surface area contributed by atoms with Crippen LogP contribution < -0.4 is 11.3 Å². The van der Waals surface area contributed by atoms with E-state index in [0.29, 0.717) is 30.2 Å². The van der Waals surface area contributed by atoms with Gasteiger partial charge in [-0.05, 0) is 19.9 Å². The Balaban J connectivity index is 2.04. The van der Waals surface area contributed by atoms with Crippen LogP contribution in [-0.2, 0) is 11.3 Å². The first-order valence-corrected chi connectivity index (χ1v) is 6.62. The second-order valence-corrected chi connectivity index (χ2v) is 5.10. The molecule has 1 amide bonds. The van der Waals surface area contributed by atoms with Gasteiger partial charge in [0.1, 0.15) is 11.5 Å². The lowest BCUT2D eigenvalue weighted by atomic mass is 10.2. The molecule has 0 aliphatic carbocycles. The minimum atomic E-state index is -0.360. The molecule has 2 atom stereocenters. The van der Waals surface area contributed by atoms with Crippen LogP contribution in [0.3, 0.4) is 0 Å². The summed E-state index contributed by atoms with van der Waals surface area (Å²) in [4.78, 5) is 13.7. The van der Waals surface area contributed by atoms with E-state index in [0.717, 1.165) is 6.54 Å². The largest absolute Gasteiger partial charge is 0.464 e. The van der Waals surface area contributed by atoms with E-state index >= 15 is 0 Å². The van der Waals surface area contributed by atoms with E-state index in [-0.39, 0.29) is 24.7 Å². The van der Waals surface area contributed by atoms with Crippen molar-refractivity contribution < 1.29 is 19.1 Å². The second-order valence-electron chi connectivity index (χ2n) is 5.10. The van der Waals surface area contributed by atoms with Crippen molar-refractivity contribution in [3.8, 4) is 0 Å². The fourth-order valence-electron chi connectivity index (χ4n) is 2.52. The fraction of sp³-hybridized carbons (Fsp3) is 0.615. The van der Waals surface area contributed by atoms with Gasteiger partial charge in [0, 0.05) is 13.1 Å². The van der Waals surface area contributed by atoms with Crippen molar-refractivity contribution in [2.45, 2.75) is 32.6 Å². The average Bonchev–Trinajstić information content (AvgIpc) is 2.77. The minimum absolute atomic E-state index is 0.00114. The Morgan fingerprint density at radius 3 is 3.00 bits per heavy atom. The Bertz CT molecular complexity index is 474. The number of ether oxygens (including phenoxy) is 1. The van der Waals surface area contributed by atoms with Crippen LogP contribution in [0.1, 0.15) is 28.8 Å². The van der Waals surface area contributed by atoms with Gasteiger partial charge in [0.2, 0.25) is 0 Å². The summed E-state index contributed by atoms with van der Waals surface area (Å²) in [7, 11) is 0. The molecule has 0 saturated carbocycles. The zero-order valence-corrected chi connectivity index (χ0v) is 11.8. The molecule has 4 N–H and O–H groups in total. The van der Waals surface area contributed by atoms with E-state index < -0.39 is 0 Å². The van der Waals surface area contributed by atoms with E-state index in [1.165, 1.54) is 0 Å². The van der Waals surface area contributed by atoms with Gasteiger partial charge in [0.25, 0.3) is 5.91 Å². The number of hydrogen-bond donors (Lipinski definition) is 3. The number of aliphatic hydroxyl groups is 1. The first-order valence-electron chi connectivity index (χ1n) is 6.62. The zero-order chi connectivity index (χ0) is 14.7. The van der Waals surface area contributed by atoms with E-state index in [2.05, 4.69) is 10.3 Å². The number of furan rings is 1. The number of morpholine rings is 1. The quantitative estimate of drug-likeness (QED) is 0.401. The van der Waals surface area contributed by atoms with E-state index in [1.807, 2.05) is 6.92 Å². The summed E-state index contributed by atoms with van der Waals surface area (Å²) in [6.45, 7) is 5.66. The molecule has 0 bridgehead atoms. The van der Waals surface area contributed by atoms with Crippen LogP contribution in [0.15, 0.2) is 10.5 Å². The van der Waals surface area contributed by atoms with Crippen molar-refractivity contribution in [2.75, 3.05) is 19.7 Å². The highest BCUT2D eigenvalue weighted by Crippen LogP contribution is 2.19. The van der Waals surface area contributed by atoms with Crippen LogP contribution in [0.5, 0.6) is 0 Å². The maximum Gasteiger partial charge on any atom is 0.268 e. The third-order valence-electron chi connectivity index (χ3n) is 3.33. The SMILES string of the molecule is Cc1oc(CN2CC(C)OC(CO)C2)cc1C(=O)NN. The maximum atomic E-state index is 11.5. The van der Waals surface area contributed by atoms with E-state index in [1.54, 1.807) is 13.0 Å². The van der Waals surface area contributed by atoms with Gasteiger partial charge in [0.05, 0.1) is 30.9 Å². The minimum Gasteiger partial charge on any atom is -0.464 e. The highest BCUT2D eigenvalue weighted by atomic mass is 16.5. The molecule has 1 fully saturated rings. The molecule has 1 aliphatic rings. The third-order valence-corrected chi connectivity index (χ3v) is 3.33. The van der Waals surface area contributed by atoms with Crippen molar-refractivity contribution in [3.05, 3.63) is 23.2 Å². The first kappa shape index (κ1) is 15.0. The summed E-state index contributed by atoms with van der Waals surface area (Å²) in [6, 6.07) is 1.70. The van der Waals surface area contributed by atoms with E-state index in [9.17, 15) is 9.90 Å². The van der Waals surface area contributed by atoms with Crippen LogP contribution in [0.4, 0.5) is 0 Å². The molecular formula is C13H21N3O4. The smallest absolute Gasteiger partial charge is 0.268 e. The number of nitrogen functional groups attached to an aromatic ring is 1. The zero-order valence-electron chi connectivity index (χ0n) is 11.8. The van der Waals surface area contributed by atoms with Crippen molar-refractivity contribution in [2.24, 2.45) is 5.84 Å². The Labute approximate surface area is 117 Å². The molecule has 20 heavy (non-hydrogen) atoms. The molecule has 0 radical (unpaired) electrons. The number of nitrogens with two attached hydrogens (primary N) is 1. The van der Waals surface area contributed by atoms with Gasteiger partial charge in [-0.15, -0.1) is 0 Å². The average molecular weight is 283 g/mol. The number of hydrogen-bond acceptors (Lipinski definition) is 6. The highest BCUT2D eigenvalue weighted by Gasteiger charge is 2.26. The van der Waals surface area contributed by atoms with Crippen LogP contribution in [-0.4, -0.2) is 47.8 Å². The monoisotopic (exact) mass is 283 g/mol. The number of rotatable bonds is 4. The topological polar surface area (TPSA) is 101 Å². The van der Waals surface area contributed by atoms with Gasteiger partial charge in [0.15, 0.2) is 0 Å². The fourth-order valence-corrected chi connectivity index (χ4v) is 2.52. The number of aliphatic hydroxyl groups excluding tert-OH is 1. The van der Waals surface area contributed by atoms with Crippen molar-refractivity contribution in [3.63, 3.8) is 0 Å². The van der Waals surface area contributed by atoms with Gasteiger partial charge in [-0.3, -0.25) is 15.1 Å². The molecule has 1 aromatic heterocycles. The van der Waals surface area contributed by atoms with Gasteiger partial charge in [-0.1, -0.05) is 0 Å². The third kappa shape index (κ3) is 3.37. The summed E-state index contributed by atoms with van der Waals surface area (Å²) >= 11 is 0. The van der Waals surface area contributed by atoms with E-state index in [4.69, 9.17) is 15.0 Å². The molecule has 112 valence electrons. The molecule has 0 aromatic carbocycles. The normalized spacial score (nSPS) is 23.8. The molecule has 1 saturated heterocycles. The maximum absolute atomic E-state index is 11.5. The lowest BCUT2D eigenvalue weighted by Gasteiger charge is -2.35. The van der Waals surface area contributed by atoms with Gasteiger partial charge >= 0.3 is 0 Å². The van der Waals surface area contributed by atoms with Crippen molar-refractivity contribution in [1.82, 2.24) is 10.3 Å². The first-order chi connectivity index (χ1) is 9.53. The number of aryl methyl sites for hydroxylation is 1. The molecule has 0 spiro atoms. The Morgan fingerprint density at radius 2 is 2.35 bits per heavy atom. The molecule has 1 aliphatic heterocycles. The standard InChI is InChI=1S/C13H21N3O4/c1-8-4-16(6-11(7-17)19-8)5-10-3-12(9(2)20-10)13(18)15-14/h3,8,11,17H,4-7,14H2,1-2H3,(H,15,18). The molecule has 7 nitrogen and oxygen atoms in total. The van der Waals surface area contributed by atoms with Crippen molar-refractivity contribution in [1.29, 1.82) is 0 Å². The lowest BCUT2D eigenvalue weighted by molar-refractivity contribution is -0.0983. The van der Waals surface area contributed by atoms with Gasteiger partial charge in [-0.2, -0.15) is 0 Å². The predicted molar refractivity (Wildman–Crippen MR) is 71.8 cm³/mol. The number of carbonyl (C=O) groups excluding carboxylic acids is 1. The Hall–Kier alpha value is -1.41. The highest BCUT2D eigenvalue weighted by molar-refractivity contribution is 5.94. The number of hydrazine groups is 1. The summed E-state index contributed by atoms with van der Waals surface area (Å²) in [5.41, 5.74) is 2.54. The summed E-state index contributed by atoms with van der Waals surface area (Å²) in [5.74, 6) is 6.01. The molecule has 2 heterocycles. The number of nitrogens with zero attached hydrogens (tertiary/aromatic N) is 1. The molecule has 7 heteroatoms. The molecular weight excluding hydrogens is 262 g/mol.